The standard InChI is InChI=1S/C19H15N5S/c1-13-22-18(24-21-12-15-9-5-6-10-20-15)16-11-17(25-19(16)23-13)14-7-3-2-4-8-14/h2-12H,1H3,(H,22,23,24)/b21-12-. The predicted octanol–water partition coefficient (Wildman–Crippen LogP) is 4.51. The highest BCUT2D eigenvalue weighted by Crippen LogP contribution is 2.35. The largest absolute Gasteiger partial charge is 0.261 e. The first-order chi connectivity index (χ1) is 12.3. The molecule has 3 heterocycles. The topological polar surface area (TPSA) is 63.1 Å². The number of pyridine rings is 1. The average Bonchev–Trinajstić information content (AvgIpc) is 3.07. The fourth-order valence-electron chi connectivity index (χ4n) is 2.47. The van der Waals surface area contributed by atoms with Crippen molar-refractivity contribution < 1.29 is 0 Å². The summed E-state index contributed by atoms with van der Waals surface area (Å²) in [5.41, 5.74) is 4.98. The van der Waals surface area contributed by atoms with E-state index in [1.165, 1.54) is 5.56 Å². The Hall–Kier alpha value is -3.12. The molecular formula is C19H15N5S. The average molecular weight is 345 g/mol. The summed E-state index contributed by atoms with van der Waals surface area (Å²) in [4.78, 5) is 15.4. The Morgan fingerprint density at radius 3 is 2.68 bits per heavy atom. The van der Waals surface area contributed by atoms with Crippen LogP contribution >= 0.6 is 11.3 Å². The molecule has 122 valence electrons. The zero-order valence-electron chi connectivity index (χ0n) is 13.5. The highest BCUT2D eigenvalue weighted by atomic mass is 32.1. The molecule has 0 aliphatic rings. The van der Waals surface area contributed by atoms with Crippen molar-refractivity contribution in [3.05, 3.63) is 72.3 Å². The molecule has 3 aromatic heterocycles. The molecule has 6 heteroatoms. The van der Waals surface area contributed by atoms with Crippen LogP contribution < -0.4 is 5.43 Å². The number of benzene rings is 1. The lowest BCUT2D eigenvalue weighted by molar-refractivity contribution is 1.09. The molecule has 4 rings (SSSR count). The van der Waals surface area contributed by atoms with Gasteiger partial charge in [-0.1, -0.05) is 36.4 Å². The van der Waals surface area contributed by atoms with E-state index in [0.29, 0.717) is 11.6 Å². The van der Waals surface area contributed by atoms with Crippen molar-refractivity contribution in [1.82, 2.24) is 15.0 Å². The van der Waals surface area contributed by atoms with Crippen molar-refractivity contribution in [2.45, 2.75) is 6.92 Å². The number of nitrogens with one attached hydrogen (secondary N) is 1. The number of rotatable bonds is 4. The maximum absolute atomic E-state index is 4.55. The molecule has 0 bridgehead atoms. The first kappa shape index (κ1) is 15.4. The van der Waals surface area contributed by atoms with Crippen LogP contribution in [0.2, 0.25) is 0 Å². The normalized spacial score (nSPS) is 11.2. The maximum Gasteiger partial charge on any atom is 0.158 e. The highest BCUT2D eigenvalue weighted by molar-refractivity contribution is 7.21. The SMILES string of the molecule is Cc1nc(N/N=C\c2ccccn2)c2cc(-c3ccccc3)sc2n1. The van der Waals surface area contributed by atoms with Gasteiger partial charge in [0.15, 0.2) is 5.82 Å². The zero-order chi connectivity index (χ0) is 17.1. The second-order valence-electron chi connectivity index (χ2n) is 5.44. The number of hydrogen-bond donors (Lipinski definition) is 1. The summed E-state index contributed by atoms with van der Waals surface area (Å²) in [6.45, 7) is 1.88. The minimum absolute atomic E-state index is 0.702. The Morgan fingerprint density at radius 2 is 1.88 bits per heavy atom. The van der Waals surface area contributed by atoms with Gasteiger partial charge in [-0.25, -0.2) is 9.97 Å². The summed E-state index contributed by atoms with van der Waals surface area (Å²) in [5, 5.41) is 5.23. The second-order valence-corrected chi connectivity index (χ2v) is 6.47. The van der Waals surface area contributed by atoms with E-state index in [4.69, 9.17) is 0 Å². The number of anilines is 1. The van der Waals surface area contributed by atoms with Gasteiger partial charge in [-0.3, -0.25) is 10.4 Å². The van der Waals surface area contributed by atoms with Crippen molar-refractivity contribution in [2.24, 2.45) is 5.10 Å². The lowest BCUT2D eigenvalue weighted by Gasteiger charge is -2.02. The molecule has 0 aliphatic heterocycles. The summed E-state index contributed by atoms with van der Waals surface area (Å²) >= 11 is 1.65. The summed E-state index contributed by atoms with van der Waals surface area (Å²) in [6, 6.07) is 18.1. The Balaban J connectivity index is 1.68. The molecule has 0 unspecified atom stereocenters. The molecule has 0 aliphatic carbocycles. The number of fused-ring (bicyclic) bond motifs is 1. The van der Waals surface area contributed by atoms with E-state index in [-0.39, 0.29) is 0 Å². The van der Waals surface area contributed by atoms with Crippen LogP contribution in [-0.2, 0) is 0 Å². The second kappa shape index (κ2) is 6.78. The first-order valence-electron chi connectivity index (χ1n) is 7.83. The van der Waals surface area contributed by atoms with Crippen LogP contribution in [0.3, 0.4) is 0 Å². The summed E-state index contributed by atoms with van der Waals surface area (Å²) in [6.07, 6.45) is 3.41. The van der Waals surface area contributed by atoms with Crippen LogP contribution in [0.5, 0.6) is 0 Å². The van der Waals surface area contributed by atoms with Crippen LogP contribution in [0, 0.1) is 6.92 Å². The molecule has 4 aromatic rings. The highest BCUT2D eigenvalue weighted by Gasteiger charge is 2.11. The van der Waals surface area contributed by atoms with Gasteiger partial charge in [-0.15, -0.1) is 11.3 Å². The van der Waals surface area contributed by atoms with Crippen molar-refractivity contribution in [3.8, 4) is 10.4 Å². The Bertz CT molecular complexity index is 1030. The molecular weight excluding hydrogens is 330 g/mol. The van der Waals surface area contributed by atoms with Crippen LogP contribution in [0.15, 0.2) is 65.9 Å². The number of hydrogen-bond acceptors (Lipinski definition) is 6. The van der Waals surface area contributed by atoms with Gasteiger partial charge in [0, 0.05) is 11.1 Å². The van der Waals surface area contributed by atoms with Crippen molar-refractivity contribution in [2.75, 3.05) is 5.43 Å². The molecule has 0 amide bonds. The van der Waals surface area contributed by atoms with Crippen LogP contribution in [0.1, 0.15) is 11.5 Å². The number of hydrazone groups is 1. The van der Waals surface area contributed by atoms with Gasteiger partial charge in [0.05, 0.1) is 17.3 Å². The fourth-order valence-corrected chi connectivity index (χ4v) is 3.55. The molecule has 0 saturated heterocycles. The van der Waals surface area contributed by atoms with Gasteiger partial charge in [0.1, 0.15) is 10.7 Å². The Labute approximate surface area is 149 Å². The number of nitrogens with zero attached hydrogens (tertiary/aromatic N) is 4. The van der Waals surface area contributed by atoms with Crippen LogP contribution in [-0.4, -0.2) is 21.2 Å². The van der Waals surface area contributed by atoms with Gasteiger partial charge >= 0.3 is 0 Å². The van der Waals surface area contributed by atoms with Crippen molar-refractivity contribution in [1.29, 1.82) is 0 Å². The van der Waals surface area contributed by atoms with Crippen molar-refractivity contribution >= 4 is 33.6 Å². The van der Waals surface area contributed by atoms with E-state index in [1.54, 1.807) is 23.7 Å². The lowest BCUT2D eigenvalue weighted by atomic mass is 10.2. The molecule has 0 radical (unpaired) electrons. The summed E-state index contributed by atoms with van der Waals surface area (Å²) in [7, 11) is 0. The Kier molecular flexibility index (Phi) is 4.18. The van der Waals surface area contributed by atoms with E-state index in [9.17, 15) is 0 Å². The molecule has 0 atom stereocenters. The molecule has 0 saturated carbocycles. The quantitative estimate of drug-likeness (QED) is 0.437. The molecule has 1 aromatic carbocycles. The third-order valence-corrected chi connectivity index (χ3v) is 4.70. The van der Waals surface area contributed by atoms with E-state index in [2.05, 4.69) is 43.7 Å². The number of aromatic nitrogens is 3. The Morgan fingerprint density at radius 1 is 1.04 bits per heavy atom. The minimum Gasteiger partial charge on any atom is -0.261 e. The van der Waals surface area contributed by atoms with Gasteiger partial charge in [0.2, 0.25) is 0 Å². The molecule has 0 spiro atoms. The van der Waals surface area contributed by atoms with Crippen LogP contribution in [0.25, 0.3) is 20.7 Å². The van der Waals surface area contributed by atoms with Gasteiger partial charge in [-0.2, -0.15) is 5.10 Å². The molecule has 25 heavy (non-hydrogen) atoms. The number of thiophene rings is 1. The zero-order valence-corrected chi connectivity index (χ0v) is 14.4. The van der Waals surface area contributed by atoms with Gasteiger partial charge in [-0.05, 0) is 30.7 Å². The minimum atomic E-state index is 0.702. The first-order valence-corrected chi connectivity index (χ1v) is 8.65. The van der Waals surface area contributed by atoms with Crippen molar-refractivity contribution in [3.63, 3.8) is 0 Å². The van der Waals surface area contributed by atoms with Crippen LogP contribution in [0.4, 0.5) is 5.82 Å². The number of aryl methyl sites for hydroxylation is 1. The third-order valence-electron chi connectivity index (χ3n) is 3.62. The third kappa shape index (κ3) is 3.39. The monoisotopic (exact) mass is 345 g/mol. The van der Waals surface area contributed by atoms with E-state index in [0.717, 1.165) is 20.8 Å². The lowest BCUT2D eigenvalue weighted by Crippen LogP contribution is -1.97. The molecule has 1 N–H and O–H groups in total. The predicted molar refractivity (Wildman–Crippen MR) is 103 cm³/mol. The smallest absolute Gasteiger partial charge is 0.158 e. The summed E-state index contributed by atoms with van der Waals surface area (Å²) in [5.74, 6) is 1.41. The van der Waals surface area contributed by atoms with E-state index in [1.807, 2.05) is 43.3 Å². The molecule has 0 fully saturated rings. The van der Waals surface area contributed by atoms with Gasteiger partial charge in [0.25, 0.3) is 0 Å². The van der Waals surface area contributed by atoms with E-state index < -0.39 is 0 Å². The fraction of sp³-hybridized carbons (Fsp3) is 0.0526. The summed E-state index contributed by atoms with van der Waals surface area (Å²) < 4.78 is 0. The molecule has 5 nitrogen and oxygen atoms in total. The van der Waals surface area contributed by atoms with E-state index >= 15 is 0 Å². The maximum atomic E-state index is 4.55. The van der Waals surface area contributed by atoms with Gasteiger partial charge < -0.3 is 0 Å².